The zero-order valence-corrected chi connectivity index (χ0v) is 21.3. The van der Waals surface area contributed by atoms with E-state index in [0.29, 0.717) is 23.6 Å². The number of benzene rings is 1. The number of carbonyl (C=O) groups is 1. The topological polar surface area (TPSA) is 130 Å². The Morgan fingerprint density at radius 2 is 1.95 bits per heavy atom. The monoisotopic (exact) mass is 508 g/mol. The number of anilines is 2. The number of hydrogen-bond acceptors (Lipinski definition) is 7. The molecule has 37 heavy (non-hydrogen) atoms. The molecule has 0 radical (unpaired) electrons. The minimum atomic E-state index is -0.691. The summed E-state index contributed by atoms with van der Waals surface area (Å²) in [6, 6.07) is 6.82. The van der Waals surface area contributed by atoms with E-state index < -0.39 is 17.4 Å². The van der Waals surface area contributed by atoms with E-state index in [1.807, 2.05) is 45.8 Å². The van der Waals surface area contributed by atoms with Crippen molar-refractivity contribution in [3.05, 3.63) is 64.6 Å². The molecule has 0 aliphatic carbocycles. The Kier molecular flexibility index (Phi) is 7.21. The molecule has 2 amide bonds. The van der Waals surface area contributed by atoms with Gasteiger partial charge in [-0.15, -0.1) is 0 Å². The molecule has 0 atom stereocenters. The molecule has 4 aromatic rings. The Morgan fingerprint density at radius 1 is 1.16 bits per heavy atom. The molecular weight excluding hydrogens is 479 g/mol. The number of nitrogens with zero attached hydrogens (tertiary/aromatic N) is 5. The molecule has 0 saturated heterocycles. The fourth-order valence-corrected chi connectivity index (χ4v) is 3.41. The van der Waals surface area contributed by atoms with Gasteiger partial charge in [-0.3, -0.25) is 10.1 Å². The van der Waals surface area contributed by atoms with E-state index in [9.17, 15) is 14.0 Å². The summed E-state index contributed by atoms with van der Waals surface area (Å²) in [7, 11) is 3.91. The summed E-state index contributed by atoms with van der Waals surface area (Å²) in [5.74, 6) is 0.295. The fourth-order valence-electron chi connectivity index (χ4n) is 3.41. The number of hydrogen-bond donors (Lipinski definition) is 3. The van der Waals surface area contributed by atoms with Crippen LogP contribution in [0.2, 0.25) is 0 Å². The van der Waals surface area contributed by atoms with Crippen molar-refractivity contribution in [1.29, 1.82) is 0 Å². The normalized spacial score (nSPS) is 11.6. The van der Waals surface area contributed by atoms with Crippen LogP contribution in [0.4, 0.5) is 20.7 Å². The molecule has 4 rings (SSSR count). The number of likely N-dealkylation sites (N-methyl/N-ethyl adjacent to an activating group) is 1. The highest BCUT2D eigenvalue weighted by atomic mass is 19.1. The lowest BCUT2D eigenvalue weighted by molar-refractivity contribution is 0.261. The third-order valence-electron chi connectivity index (χ3n) is 5.41. The first kappa shape index (κ1) is 25.8. The number of fused-ring (bicyclic) bond motifs is 1. The van der Waals surface area contributed by atoms with Gasteiger partial charge in [0.2, 0.25) is 0 Å². The zero-order chi connectivity index (χ0) is 26.7. The number of aromatic nitrogens is 5. The van der Waals surface area contributed by atoms with Gasteiger partial charge in [-0.1, -0.05) is 20.8 Å². The zero-order valence-electron chi connectivity index (χ0n) is 21.3. The molecular formula is C25H29FN8O3. The Morgan fingerprint density at radius 3 is 2.65 bits per heavy atom. The average Bonchev–Trinajstić information content (AvgIpc) is 3.22. The molecule has 0 bridgehead atoms. The predicted octanol–water partition coefficient (Wildman–Crippen LogP) is 3.95. The van der Waals surface area contributed by atoms with E-state index in [0.717, 1.165) is 24.5 Å². The summed E-state index contributed by atoms with van der Waals surface area (Å²) >= 11 is 0. The quantitative estimate of drug-likeness (QED) is 0.345. The van der Waals surface area contributed by atoms with Crippen LogP contribution in [0.5, 0.6) is 11.5 Å². The molecule has 1 aromatic carbocycles. The van der Waals surface area contributed by atoms with Crippen molar-refractivity contribution in [1.82, 2.24) is 29.6 Å². The van der Waals surface area contributed by atoms with Crippen molar-refractivity contribution in [3.63, 3.8) is 0 Å². The van der Waals surface area contributed by atoms with Gasteiger partial charge in [0.25, 0.3) is 5.56 Å². The largest absolute Gasteiger partial charge is 0.455 e. The van der Waals surface area contributed by atoms with Crippen molar-refractivity contribution >= 4 is 28.7 Å². The van der Waals surface area contributed by atoms with Crippen LogP contribution in [-0.4, -0.2) is 56.3 Å². The summed E-state index contributed by atoms with van der Waals surface area (Å²) in [6.45, 7) is 7.43. The molecule has 0 unspecified atom stereocenters. The van der Waals surface area contributed by atoms with Crippen molar-refractivity contribution < 1.29 is 13.9 Å². The summed E-state index contributed by atoms with van der Waals surface area (Å²) in [4.78, 5) is 36.9. The molecule has 0 saturated carbocycles. The van der Waals surface area contributed by atoms with E-state index >= 15 is 0 Å². The van der Waals surface area contributed by atoms with Gasteiger partial charge in [0.15, 0.2) is 11.4 Å². The molecule has 194 valence electrons. The van der Waals surface area contributed by atoms with Crippen LogP contribution in [-0.2, 0) is 12.0 Å². The maximum atomic E-state index is 14.8. The van der Waals surface area contributed by atoms with Crippen LogP contribution >= 0.6 is 0 Å². The first-order valence-corrected chi connectivity index (χ1v) is 11.6. The lowest BCUT2D eigenvalue weighted by atomic mass is 9.92. The Bertz CT molecular complexity index is 1490. The lowest BCUT2D eigenvalue weighted by Gasteiger charge is -2.14. The van der Waals surface area contributed by atoms with E-state index in [1.165, 1.54) is 18.3 Å². The summed E-state index contributed by atoms with van der Waals surface area (Å²) < 4.78 is 22.3. The van der Waals surface area contributed by atoms with Crippen LogP contribution in [0.25, 0.3) is 11.2 Å². The van der Waals surface area contributed by atoms with Gasteiger partial charge >= 0.3 is 6.03 Å². The molecule has 12 heteroatoms. The van der Waals surface area contributed by atoms with E-state index in [1.54, 1.807) is 10.7 Å². The van der Waals surface area contributed by atoms with Crippen molar-refractivity contribution in [2.24, 2.45) is 0 Å². The average molecular weight is 509 g/mol. The summed E-state index contributed by atoms with van der Waals surface area (Å²) in [6.07, 6.45) is 2.56. The summed E-state index contributed by atoms with van der Waals surface area (Å²) in [5.41, 5.74) is 0.777. The molecule has 11 nitrogen and oxygen atoms in total. The van der Waals surface area contributed by atoms with Gasteiger partial charge < -0.3 is 19.9 Å². The van der Waals surface area contributed by atoms with Gasteiger partial charge in [0.1, 0.15) is 22.9 Å². The number of urea groups is 1. The molecule has 0 aliphatic heterocycles. The summed E-state index contributed by atoms with van der Waals surface area (Å²) in [5, 5.41) is 9.94. The first-order chi connectivity index (χ1) is 17.5. The molecule has 3 aromatic heterocycles. The molecule has 3 N–H and O–H groups in total. The number of rotatable bonds is 7. The van der Waals surface area contributed by atoms with Crippen LogP contribution in [0.1, 0.15) is 26.5 Å². The molecule has 0 spiro atoms. The smallest absolute Gasteiger partial charge is 0.324 e. The van der Waals surface area contributed by atoms with Crippen molar-refractivity contribution in [2.45, 2.75) is 32.7 Å². The van der Waals surface area contributed by atoms with Crippen LogP contribution in [0.15, 0.2) is 47.5 Å². The maximum Gasteiger partial charge on any atom is 0.324 e. The van der Waals surface area contributed by atoms with Crippen molar-refractivity contribution in [2.75, 3.05) is 31.3 Å². The third-order valence-corrected chi connectivity index (χ3v) is 5.41. The third kappa shape index (κ3) is 6.28. The predicted molar refractivity (Wildman–Crippen MR) is 139 cm³/mol. The highest BCUT2D eigenvalue weighted by Gasteiger charge is 2.21. The number of nitrogens with one attached hydrogen (secondary N) is 3. The van der Waals surface area contributed by atoms with Gasteiger partial charge in [-0.25, -0.2) is 23.8 Å². The number of pyridine rings is 1. The molecule has 0 aliphatic rings. The molecule has 3 heterocycles. The van der Waals surface area contributed by atoms with Gasteiger partial charge in [-0.2, -0.15) is 5.10 Å². The number of H-pyrrole nitrogens is 1. The van der Waals surface area contributed by atoms with Crippen LogP contribution in [0.3, 0.4) is 0 Å². The maximum absolute atomic E-state index is 14.8. The van der Waals surface area contributed by atoms with E-state index in [-0.39, 0.29) is 22.5 Å². The Labute approximate surface area is 212 Å². The highest BCUT2D eigenvalue weighted by molar-refractivity contribution is 5.99. The lowest BCUT2D eigenvalue weighted by Crippen LogP contribution is -2.24. The number of halogens is 1. The van der Waals surface area contributed by atoms with Gasteiger partial charge in [-0.05, 0) is 26.2 Å². The number of amides is 2. The Balaban J connectivity index is 1.48. The van der Waals surface area contributed by atoms with E-state index in [2.05, 4.69) is 30.7 Å². The van der Waals surface area contributed by atoms with Gasteiger partial charge in [0, 0.05) is 36.4 Å². The second kappa shape index (κ2) is 10.3. The number of aromatic amines is 1. The minimum Gasteiger partial charge on any atom is -0.455 e. The van der Waals surface area contributed by atoms with Crippen molar-refractivity contribution in [3.8, 4) is 11.5 Å². The minimum absolute atomic E-state index is 0.0257. The number of carbonyl (C=O) groups excluding carboxylic acids is 1. The van der Waals surface area contributed by atoms with Gasteiger partial charge in [0.05, 0.1) is 24.1 Å². The highest BCUT2D eigenvalue weighted by Crippen LogP contribution is 2.29. The second-order valence-corrected chi connectivity index (χ2v) is 9.77. The van der Waals surface area contributed by atoms with Crippen LogP contribution < -0.4 is 20.9 Å². The second-order valence-electron chi connectivity index (χ2n) is 9.77. The Hall–Kier alpha value is -4.32. The first-order valence-electron chi connectivity index (χ1n) is 11.6. The fraction of sp³-hybridized carbons (Fsp3) is 0.320. The molecule has 0 fully saturated rings. The SMILES string of the molecule is CN(C)CCn1nc(C(C)(C)C)cc1NC(=O)Nc1ccc(Oc2ccnc3[nH]c(=O)cnc23)cc1F. The van der Waals surface area contributed by atoms with Crippen LogP contribution in [0, 0.1) is 5.82 Å². The van der Waals surface area contributed by atoms with E-state index in [4.69, 9.17) is 4.74 Å². The number of ether oxygens (including phenoxy) is 1. The standard InChI is InChI=1S/C25H29FN8O3/c1-25(2,3)19-13-20(34(32-19)11-10-33(4)5)30-24(36)29-17-7-6-15(12-16(17)26)37-18-8-9-27-23-22(18)28-14-21(35)31-23/h6-9,12-14H,10-11H2,1-5H3,(H,27,31,35)(H2,29,30,36).